The van der Waals surface area contributed by atoms with Gasteiger partial charge in [0.2, 0.25) is 0 Å². The maximum atomic E-state index is 2.30. The van der Waals surface area contributed by atoms with Gasteiger partial charge in [-0.3, -0.25) is 0 Å². The van der Waals surface area contributed by atoms with Crippen LogP contribution in [0.2, 0.25) is 7.96 Å². The van der Waals surface area contributed by atoms with Crippen molar-refractivity contribution < 1.29 is 0 Å². The quantitative estimate of drug-likeness (QED) is 0.679. The molecular formula is C4H12Cl2Pb. The fourth-order valence-corrected chi connectivity index (χ4v) is 2.19. The summed E-state index contributed by atoms with van der Waals surface area (Å²) in [6, 6.07) is 0. The molecule has 0 fully saturated rings. The van der Waals surface area contributed by atoms with Crippen LogP contribution in [0.3, 0.4) is 0 Å². The second kappa shape index (κ2) is 15.6. The molecule has 0 rings (SSSR count). The molecule has 0 heterocycles. The van der Waals surface area contributed by atoms with E-state index in [0.29, 0.717) is 0 Å². The molecule has 0 aromatic rings. The van der Waals surface area contributed by atoms with Gasteiger partial charge in [0.05, 0.1) is 0 Å². The average Bonchev–Trinajstić information content (AvgIpc) is 1.41. The van der Waals surface area contributed by atoms with Gasteiger partial charge in [-0.25, -0.2) is 0 Å². The first kappa shape index (κ1) is 15.8. The third kappa shape index (κ3) is 18.5. The minimum Gasteiger partial charge on any atom is -0.147 e. The van der Waals surface area contributed by atoms with Gasteiger partial charge in [-0.2, -0.15) is 0 Å². The predicted molar refractivity (Wildman–Crippen MR) is 41.2 cm³/mol. The third-order valence-electron chi connectivity index (χ3n) is 0.500. The molecule has 0 nitrogen and oxygen atoms in total. The van der Waals surface area contributed by atoms with Crippen LogP contribution in [0.1, 0.15) is 13.8 Å². The van der Waals surface area contributed by atoms with Gasteiger partial charge in [0.15, 0.2) is 0 Å². The van der Waals surface area contributed by atoms with E-state index in [1.54, 1.807) is 0 Å². The Kier molecular flexibility index (Phi) is 35.3. The Labute approximate surface area is 70.5 Å². The van der Waals surface area contributed by atoms with Crippen molar-refractivity contribution in [3.8, 4) is 0 Å². The van der Waals surface area contributed by atoms with E-state index in [1.165, 1.54) is 7.96 Å². The maximum Gasteiger partial charge on any atom is -0.147 e. The van der Waals surface area contributed by atoms with Crippen LogP contribution in [-0.2, 0) is 0 Å². The molecule has 3 heteroatoms. The molecule has 0 spiro atoms. The molecule has 0 aliphatic carbocycles. The zero-order chi connectivity index (χ0) is 4.12. The van der Waals surface area contributed by atoms with Gasteiger partial charge in [0.25, 0.3) is 0 Å². The number of halogens is 2. The molecule has 0 atom stereocenters. The molecule has 0 bridgehead atoms. The summed E-state index contributed by atoms with van der Waals surface area (Å²) < 4.78 is 3.08. The summed E-state index contributed by atoms with van der Waals surface area (Å²) in [7, 11) is 0. The number of hydrogen-bond donors (Lipinski definition) is 0. The van der Waals surface area contributed by atoms with E-state index in [1.807, 2.05) is 0 Å². The van der Waals surface area contributed by atoms with E-state index in [9.17, 15) is 0 Å². The molecule has 2 radical (unpaired) electrons. The van der Waals surface area contributed by atoms with Gasteiger partial charge in [0, 0.05) is 0 Å². The van der Waals surface area contributed by atoms with Crippen LogP contribution in [0.15, 0.2) is 0 Å². The van der Waals surface area contributed by atoms with Gasteiger partial charge in [0.1, 0.15) is 0 Å². The second-order valence-corrected chi connectivity index (χ2v) is 8.40. The largest absolute Gasteiger partial charge is 0.147 e. The molecule has 46 valence electrons. The summed E-state index contributed by atoms with van der Waals surface area (Å²) in [4.78, 5) is 0. The fraction of sp³-hybridized carbons (Fsp3) is 1.00. The Morgan fingerprint density at radius 1 is 1.00 bits per heavy atom. The van der Waals surface area contributed by atoms with Crippen LogP contribution in [0, 0.1) is 0 Å². The first-order chi connectivity index (χ1) is 2.41. The van der Waals surface area contributed by atoms with E-state index in [-0.39, 0.29) is 49.0 Å². The standard InChI is InChI=1S/2C2H5.2ClH.Pb/c2*1-2;;;/h2*1H2,2H3;2*1H;. The van der Waals surface area contributed by atoms with Gasteiger partial charge >= 0.3 is 46.0 Å². The summed E-state index contributed by atoms with van der Waals surface area (Å²) in [5.41, 5.74) is 0. The summed E-state index contributed by atoms with van der Waals surface area (Å²) in [5, 5.41) is 0. The van der Waals surface area contributed by atoms with Crippen LogP contribution < -0.4 is 0 Å². The van der Waals surface area contributed by atoms with Crippen molar-refractivity contribution in [2.24, 2.45) is 0 Å². The van der Waals surface area contributed by atoms with Crippen molar-refractivity contribution in [3.05, 3.63) is 0 Å². The van der Waals surface area contributed by atoms with Crippen molar-refractivity contribution in [1.82, 2.24) is 0 Å². The Bertz CT molecular complexity index is 17.2. The fourth-order valence-electron chi connectivity index (χ4n) is 0.250. The van der Waals surface area contributed by atoms with Gasteiger partial charge in [-0.15, -0.1) is 24.8 Å². The molecule has 0 saturated heterocycles. The van der Waals surface area contributed by atoms with E-state index in [2.05, 4.69) is 13.8 Å². The third-order valence-corrected chi connectivity index (χ3v) is 4.39. The van der Waals surface area contributed by atoms with E-state index >= 15 is 0 Å². The molecule has 7 heavy (non-hydrogen) atoms. The molecular weight excluding hydrogens is 326 g/mol. The number of rotatable bonds is 2. The topological polar surface area (TPSA) is 0 Å². The van der Waals surface area contributed by atoms with Crippen molar-refractivity contribution >= 4 is 49.0 Å². The Hall–Kier alpha value is 1.50. The van der Waals surface area contributed by atoms with Crippen molar-refractivity contribution in [2.75, 3.05) is 0 Å². The minimum absolute atomic E-state index is 0. The summed E-state index contributed by atoms with van der Waals surface area (Å²) >= 11 is 0.0494. The van der Waals surface area contributed by atoms with Crippen LogP contribution in [0.4, 0.5) is 0 Å². The van der Waals surface area contributed by atoms with Gasteiger partial charge in [-0.1, -0.05) is 0 Å². The SMILES string of the molecule is C[CH2][Pb][CH2]C.Cl.Cl. The summed E-state index contributed by atoms with van der Waals surface area (Å²) in [6.07, 6.45) is 0. The van der Waals surface area contributed by atoms with Crippen molar-refractivity contribution in [3.63, 3.8) is 0 Å². The summed E-state index contributed by atoms with van der Waals surface area (Å²) in [6.45, 7) is 4.60. The van der Waals surface area contributed by atoms with Crippen molar-refractivity contribution in [1.29, 1.82) is 0 Å². The maximum absolute atomic E-state index is 2.30. The van der Waals surface area contributed by atoms with Gasteiger partial charge in [-0.05, 0) is 0 Å². The minimum atomic E-state index is 0. The van der Waals surface area contributed by atoms with Crippen molar-refractivity contribution in [2.45, 2.75) is 21.8 Å². The summed E-state index contributed by atoms with van der Waals surface area (Å²) in [5.74, 6) is 0. The Morgan fingerprint density at radius 2 is 1.29 bits per heavy atom. The normalized spacial score (nSPS) is 6.00. The van der Waals surface area contributed by atoms with E-state index < -0.39 is 0 Å². The molecule has 0 unspecified atom stereocenters. The molecule has 0 aromatic carbocycles. The average molecular weight is 338 g/mol. The van der Waals surface area contributed by atoms with Crippen LogP contribution in [0.25, 0.3) is 0 Å². The smallest absolute Gasteiger partial charge is 0.147 e. The van der Waals surface area contributed by atoms with Crippen LogP contribution in [-0.4, -0.2) is 24.2 Å². The number of hydrogen-bond acceptors (Lipinski definition) is 0. The van der Waals surface area contributed by atoms with E-state index in [0.717, 1.165) is 0 Å². The molecule has 0 amide bonds. The van der Waals surface area contributed by atoms with E-state index in [4.69, 9.17) is 0 Å². The zero-order valence-corrected chi connectivity index (χ0v) is 10.3. The second-order valence-electron chi connectivity index (χ2n) is 0.957. The molecule has 0 aliphatic heterocycles. The molecule has 0 saturated carbocycles. The molecule has 0 N–H and O–H groups in total. The zero-order valence-electron chi connectivity index (χ0n) is 4.73. The van der Waals surface area contributed by atoms with Gasteiger partial charge < -0.3 is 0 Å². The molecule has 0 aromatic heterocycles. The van der Waals surface area contributed by atoms with Crippen LogP contribution >= 0.6 is 24.8 Å². The Balaban J connectivity index is -0.0000000800. The van der Waals surface area contributed by atoms with Crippen LogP contribution in [0.5, 0.6) is 0 Å². The first-order valence-corrected chi connectivity index (χ1v) is 7.62. The predicted octanol–water partition coefficient (Wildman–Crippen LogP) is 2.41. The Morgan fingerprint density at radius 3 is 1.29 bits per heavy atom. The monoisotopic (exact) mass is 338 g/mol. The first-order valence-electron chi connectivity index (χ1n) is 2.12. The molecule has 0 aliphatic rings.